The Balaban J connectivity index is 0. The Kier molecular flexibility index (Phi) is 13.5. The predicted octanol–water partition coefficient (Wildman–Crippen LogP) is 0.363. The van der Waals surface area contributed by atoms with E-state index in [4.69, 9.17) is 0 Å². The fraction of sp³-hybridized carbons (Fsp3) is 0.786. The maximum absolute atomic E-state index is 11.8. The average Bonchev–Trinajstić information content (AvgIpc) is 2.48. The molecule has 0 aliphatic heterocycles. The van der Waals surface area contributed by atoms with Crippen LogP contribution in [0.1, 0.15) is 13.8 Å². The highest BCUT2D eigenvalue weighted by atomic mass is 127. The van der Waals surface area contributed by atoms with Crippen LogP contribution in [0.15, 0.2) is 4.99 Å². The molecule has 0 aliphatic rings. The Morgan fingerprint density at radius 3 is 2.30 bits per heavy atom. The maximum Gasteiger partial charge on any atom is 0.243 e. The third-order valence-electron chi connectivity index (χ3n) is 3.01. The quantitative estimate of drug-likeness (QED) is 0.211. The van der Waals surface area contributed by atoms with E-state index in [2.05, 4.69) is 20.9 Å². The molecule has 0 heterocycles. The number of amides is 2. The lowest BCUT2D eigenvalue weighted by molar-refractivity contribution is -0.128. The molecule has 0 aromatic rings. The highest BCUT2D eigenvalue weighted by Gasteiger charge is 2.26. The van der Waals surface area contributed by atoms with Crippen molar-refractivity contribution in [2.75, 3.05) is 52.8 Å². The summed E-state index contributed by atoms with van der Waals surface area (Å²) in [5.41, 5.74) is -0.567. The molecule has 0 saturated carbocycles. The minimum absolute atomic E-state index is 0. The maximum atomic E-state index is 11.8. The zero-order valence-electron chi connectivity index (χ0n) is 14.9. The van der Waals surface area contributed by atoms with Crippen molar-refractivity contribution in [1.82, 2.24) is 20.9 Å². The van der Waals surface area contributed by atoms with Crippen LogP contribution in [0.4, 0.5) is 0 Å². The molecule has 0 atom stereocenters. The number of rotatable bonds is 8. The van der Waals surface area contributed by atoms with Crippen molar-refractivity contribution in [3.05, 3.63) is 0 Å². The van der Waals surface area contributed by atoms with Gasteiger partial charge >= 0.3 is 0 Å². The zero-order chi connectivity index (χ0) is 17.2. The number of likely N-dealkylation sites (N-methyl/N-ethyl adjacent to an activating group) is 1. The molecule has 0 radical (unpaired) electrons. The molecule has 2 amide bonds. The fourth-order valence-corrected chi connectivity index (χ4v) is 1.76. The number of hydrogen-bond acceptors (Lipinski definition) is 4. The van der Waals surface area contributed by atoms with Gasteiger partial charge in [-0.15, -0.1) is 24.0 Å². The second-order valence-electron chi connectivity index (χ2n) is 5.69. The first kappa shape index (κ1) is 24.5. The monoisotopic (exact) mass is 459 g/mol. The Bertz CT molecular complexity index is 403. The summed E-state index contributed by atoms with van der Waals surface area (Å²) in [6.45, 7) is 4.94. The number of nitrogens with zero attached hydrogens (tertiary/aromatic N) is 2. The first-order valence-electron chi connectivity index (χ1n) is 7.18. The molecule has 0 fully saturated rings. The second kappa shape index (κ2) is 12.7. The molecule has 0 aliphatic carbocycles. The Morgan fingerprint density at radius 1 is 1.22 bits per heavy atom. The number of carbonyl (C=O) groups is 2. The van der Waals surface area contributed by atoms with E-state index in [1.807, 2.05) is 20.1 Å². The molecular formula is C14H30IN5O2S. The van der Waals surface area contributed by atoms with Crippen LogP contribution < -0.4 is 16.0 Å². The van der Waals surface area contributed by atoms with E-state index in [9.17, 15) is 9.59 Å². The average molecular weight is 459 g/mol. The summed E-state index contributed by atoms with van der Waals surface area (Å²) in [4.78, 5) is 29.2. The van der Waals surface area contributed by atoms with Gasteiger partial charge in [-0.3, -0.25) is 9.59 Å². The number of thioether (sulfide) groups is 1. The van der Waals surface area contributed by atoms with Crippen molar-refractivity contribution in [3.8, 4) is 0 Å². The van der Waals surface area contributed by atoms with Gasteiger partial charge in [0.15, 0.2) is 5.96 Å². The zero-order valence-corrected chi connectivity index (χ0v) is 18.0. The van der Waals surface area contributed by atoms with E-state index in [-0.39, 0.29) is 42.3 Å². The largest absolute Gasteiger partial charge is 0.359 e. The van der Waals surface area contributed by atoms with Gasteiger partial charge in [0, 0.05) is 40.0 Å². The minimum Gasteiger partial charge on any atom is -0.359 e. The van der Waals surface area contributed by atoms with Crippen molar-refractivity contribution < 1.29 is 9.59 Å². The fourth-order valence-electron chi connectivity index (χ4n) is 1.46. The first-order valence-corrected chi connectivity index (χ1v) is 8.57. The van der Waals surface area contributed by atoms with Crippen LogP contribution >= 0.6 is 35.7 Å². The number of guanidine groups is 1. The van der Waals surface area contributed by atoms with E-state index >= 15 is 0 Å². The van der Waals surface area contributed by atoms with Crippen molar-refractivity contribution in [3.63, 3.8) is 0 Å². The number of carbonyl (C=O) groups excluding carboxylic acids is 2. The van der Waals surface area contributed by atoms with Gasteiger partial charge in [0.1, 0.15) is 6.54 Å². The standard InChI is InChI=1S/C14H29N5O2S.HI/c1-14(2,12(21)15-3)10-18-13(16-7-8-22-6)17-9-11(20)19(4)5;/h7-10H2,1-6H3,(H,15,21)(H2,16,17,18);1H. The smallest absolute Gasteiger partial charge is 0.243 e. The van der Waals surface area contributed by atoms with Crippen molar-refractivity contribution in [1.29, 1.82) is 0 Å². The van der Waals surface area contributed by atoms with Gasteiger partial charge < -0.3 is 20.9 Å². The number of aliphatic imine (C=N–C) groups is 1. The molecule has 23 heavy (non-hydrogen) atoms. The summed E-state index contributed by atoms with van der Waals surface area (Å²) >= 11 is 1.72. The molecule has 3 N–H and O–H groups in total. The molecular weight excluding hydrogens is 429 g/mol. The summed E-state index contributed by atoms with van der Waals surface area (Å²) in [5, 5.41) is 8.93. The normalized spacial score (nSPS) is 11.3. The lowest BCUT2D eigenvalue weighted by Crippen LogP contribution is -2.47. The summed E-state index contributed by atoms with van der Waals surface area (Å²) in [6.07, 6.45) is 2.02. The van der Waals surface area contributed by atoms with E-state index in [0.717, 1.165) is 12.3 Å². The van der Waals surface area contributed by atoms with Gasteiger partial charge in [-0.2, -0.15) is 11.8 Å². The molecule has 0 rings (SSSR count). The highest BCUT2D eigenvalue weighted by Crippen LogP contribution is 2.12. The van der Waals surface area contributed by atoms with E-state index in [1.165, 1.54) is 4.90 Å². The van der Waals surface area contributed by atoms with Crippen LogP contribution in [0.5, 0.6) is 0 Å². The predicted molar refractivity (Wildman–Crippen MR) is 109 cm³/mol. The van der Waals surface area contributed by atoms with Crippen LogP contribution in [0.25, 0.3) is 0 Å². The molecule has 0 saturated heterocycles. The first-order chi connectivity index (χ1) is 10.2. The third-order valence-corrected chi connectivity index (χ3v) is 3.62. The van der Waals surface area contributed by atoms with Crippen LogP contribution in [0.2, 0.25) is 0 Å². The molecule has 136 valence electrons. The molecule has 0 bridgehead atoms. The van der Waals surface area contributed by atoms with Crippen molar-refractivity contribution >= 4 is 53.5 Å². The molecule has 0 aromatic heterocycles. The number of nitrogens with one attached hydrogen (secondary N) is 3. The van der Waals surface area contributed by atoms with Gasteiger partial charge in [0.25, 0.3) is 0 Å². The molecule has 0 aromatic carbocycles. The third kappa shape index (κ3) is 10.6. The van der Waals surface area contributed by atoms with E-state index < -0.39 is 5.41 Å². The van der Waals surface area contributed by atoms with Gasteiger partial charge in [-0.25, -0.2) is 4.99 Å². The van der Waals surface area contributed by atoms with Crippen LogP contribution in [0.3, 0.4) is 0 Å². The Labute approximate surface area is 160 Å². The van der Waals surface area contributed by atoms with Gasteiger partial charge in [-0.05, 0) is 20.1 Å². The van der Waals surface area contributed by atoms with Gasteiger partial charge in [-0.1, -0.05) is 0 Å². The Hall–Kier alpha value is -0.710. The lowest BCUT2D eigenvalue weighted by Gasteiger charge is -2.24. The highest BCUT2D eigenvalue weighted by molar-refractivity contribution is 14.0. The topological polar surface area (TPSA) is 85.8 Å². The summed E-state index contributed by atoms with van der Waals surface area (Å²) in [5.74, 6) is 1.35. The number of halogens is 1. The summed E-state index contributed by atoms with van der Waals surface area (Å²) < 4.78 is 0. The van der Waals surface area contributed by atoms with Gasteiger partial charge in [0.2, 0.25) is 11.8 Å². The summed E-state index contributed by atoms with van der Waals surface area (Å²) in [7, 11) is 5.01. The van der Waals surface area contributed by atoms with Crippen LogP contribution in [-0.4, -0.2) is 75.5 Å². The second-order valence-corrected chi connectivity index (χ2v) is 6.67. The van der Waals surface area contributed by atoms with Crippen LogP contribution in [-0.2, 0) is 9.59 Å². The van der Waals surface area contributed by atoms with Gasteiger partial charge in [0.05, 0.1) is 5.41 Å². The van der Waals surface area contributed by atoms with E-state index in [0.29, 0.717) is 12.5 Å². The minimum atomic E-state index is -0.567. The molecule has 9 heteroatoms. The van der Waals surface area contributed by atoms with Crippen molar-refractivity contribution in [2.24, 2.45) is 10.4 Å². The molecule has 0 spiro atoms. The van der Waals surface area contributed by atoms with Crippen LogP contribution in [0, 0.1) is 5.41 Å². The lowest BCUT2D eigenvalue weighted by atomic mass is 9.92. The summed E-state index contributed by atoms with van der Waals surface area (Å²) in [6, 6.07) is 0. The van der Waals surface area contributed by atoms with E-state index in [1.54, 1.807) is 32.9 Å². The van der Waals surface area contributed by atoms with Crippen molar-refractivity contribution in [2.45, 2.75) is 13.8 Å². The Morgan fingerprint density at radius 2 is 1.83 bits per heavy atom. The molecule has 0 unspecified atom stereocenters. The molecule has 7 nitrogen and oxygen atoms in total. The SMILES string of the molecule is CNC(=O)C(C)(C)CNC(=NCC(=O)N(C)C)NCCSC.I. The number of hydrogen-bond donors (Lipinski definition) is 3.